The minimum absolute atomic E-state index is 0.0627. The van der Waals surface area contributed by atoms with Crippen LogP contribution in [0.15, 0.2) is 0 Å². The number of hydrogen-bond acceptors (Lipinski definition) is 6. The molecule has 1 unspecified atom stereocenters. The number of piperidine rings is 1. The van der Waals surface area contributed by atoms with Gasteiger partial charge in [-0.3, -0.25) is 9.69 Å². The first-order chi connectivity index (χ1) is 11.6. The molecule has 0 aliphatic carbocycles. The van der Waals surface area contributed by atoms with Gasteiger partial charge in [-0.25, -0.2) is 17.5 Å². The van der Waals surface area contributed by atoms with Gasteiger partial charge in [-0.15, -0.1) is 0 Å². The van der Waals surface area contributed by atoms with Gasteiger partial charge in [0.1, 0.15) is 11.4 Å². The maximum Gasteiger partial charge on any atom is 0.328 e. The number of amides is 1. The first-order valence-electron chi connectivity index (χ1n) is 8.65. The van der Waals surface area contributed by atoms with E-state index in [1.165, 1.54) is 16.3 Å². The quantitative estimate of drug-likeness (QED) is 0.478. The molecule has 0 N–H and O–H groups in total. The lowest BCUT2D eigenvalue weighted by Gasteiger charge is -2.35. The zero-order valence-corrected chi connectivity index (χ0v) is 16.5. The van der Waals surface area contributed by atoms with Crippen LogP contribution in [0.5, 0.6) is 0 Å². The number of likely N-dealkylation sites (N-methyl/N-ethyl adjacent to an activating group) is 2. The van der Waals surface area contributed by atoms with Gasteiger partial charge in [0, 0.05) is 32.6 Å². The molecule has 0 radical (unpaired) electrons. The summed E-state index contributed by atoms with van der Waals surface area (Å²) < 4.78 is 31.1. The predicted octanol–water partition coefficient (Wildman–Crippen LogP) is -0.0443. The topological polar surface area (TPSA) is 87.0 Å². The molecule has 2 fully saturated rings. The second-order valence-electron chi connectivity index (χ2n) is 7.27. The normalized spacial score (nSPS) is 26.3. The molecule has 3 atom stereocenters. The maximum absolute atomic E-state index is 12.8. The van der Waals surface area contributed by atoms with Crippen LogP contribution in [0.25, 0.3) is 0 Å². The number of nitrogens with zero attached hydrogens (tertiary/aromatic N) is 3. The average Bonchev–Trinajstić information content (AvgIpc) is 3.31. The van der Waals surface area contributed by atoms with E-state index in [1.54, 1.807) is 19.0 Å². The van der Waals surface area contributed by atoms with Gasteiger partial charge in [-0.2, -0.15) is 0 Å². The van der Waals surface area contributed by atoms with Gasteiger partial charge >= 0.3 is 5.97 Å². The first-order valence-corrected chi connectivity index (χ1v) is 10.1. The van der Waals surface area contributed by atoms with Crippen LogP contribution in [0.2, 0.25) is 0 Å². The molecule has 2 rings (SSSR count). The molecule has 9 heteroatoms. The Balaban J connectivity index is 1.97. The Hall–Kier alpha value is -1.19. The Kier molecular flexibility index (Phi) is 6.11. The van der Waals surface area contributed by atoms with E-state index in [9.17, 15) is 18.0 Å². The first kappa shape index (κ1) is 20.1. The molecule has 0 bridgehead atoms. The average molecular weight is 375 g/mol. The Morgan fingerprint density at radius 3 is 2.12 bits per heavy atom. The molecule has 0 spiro atoms. The van der Waals surface area contributed by atoms with E-state index >= 15 is 0 Å². The molecule has 2 heterocycles. The third kappa shape index (κ3) is 4.15. The molecule has 0 aromatic heterocycles. The van der Waals surface area contributed by atoms with Gasteiger partial charge in [-0.1, -0.05) is 13.8 Å². The molecule has 1 amide bonds. The van der Waals surface area contributed by atoms with Crippen molar-refractivity contribution < 1.29 is 22.7 Å². The lowest BCUT2D eigenvalue weighted by atomic mass is 9.94. The van der Waals surface area contributed by atoms with Gasteiger partial charge in [0.05, 0.1) is 7.11 Å². The summed E-state index contributed by atoms with van der Waals surface area (Å²) in [4.78, 5) is 28.0. The van der Waals surface area contributed by atoms with E-state index in [4.69, 9.17) is 4.74 Å². The van der Waals surface area contributed by atoms with Gasteiger partial charge in [-0.05, 0) is 25.8 Å². The minimum atomic E-state index is -3.29. The molecular weight excluding hydrogens is 346 g/mol. The fraction of sp³-hybridized carbons (Fsp3) is 0.875. The number of methoxy groups -OCH3 is 1. The summed E-state index contributed by atoms with van der Waals surface area (Å²) in [6.07, 6.45) is 0.954. The number of hydrogen-bond donors (Lipinski definition) is 0. The minimum Gasteiger partial charge on any atom is -0.467 e. The smallest absolute Gasteiger partial charge is 0.328 e. The number of sulfonamides is 1. The van der Waals surface area contributed by atoms with Gasteiger partial charge in [0.25, 0.3) is 0 Å². The third-order valence-corrected chi connectivity index (χ3v) is 7.43. The van der Waals surface area contributed by atoms with Gasteiger partial charge < -0.3 is 9.64 Å². The molecule has 0 aromatic rings. The molecule has 8 nitrogen and oxygen atoms in total. The van der Waals surface area contributed by atoms with Crippen molar-refractivity contribution in [3.05, 3.63) is 0 Å². The number of carbonyl (C=O) groups is 2. The van der Waals surface area contributed by atoms with Crippen LogP contribution in [0, 0.1) is 11.8 Å². The summed E-state index contributed by atoms with van der Waals surface area (Å²) in [5.41, 5.74) is 0. The Morgan fingerprint density at radius 1 is 1.20 bits per heavy atom. The monoisotopic (exact) mass is 375 g/mol. The van der Waals surface area contributed by atoms with Gasteiger partial charge in [0.15, 0.2) is 0 Å². The van der Waals surface area contributed by atoms with Crippen LogP contribution >= 0.6 is 0 Å². The van der Waals surface area contributed by atoms with Crippen molar-refractivity contribution in [3.8, 4) is 0 Å². The second-order valence-corrected chi connectivity index (χ2v) is 9.36. The van der Waals surface area contributed by atoms with Crippen LogP contribution in [-0.2, 0) is 24.3 Å². The third-order valence-electron chi connectivity index (χ3n) is 5.15. The largest absolute Gasteiger partial charge is 0.467 e. The van der Waals surface area contributed by atoms with E-state index in [0.29, 0.717) is 32.5 Å². The molecule has 144 valence electrons. The van der Waals surface area contributed by atoms with Crippen molar-refractivity contribution in [1.29, 1.82) is 0 Å². The zero-order chi connectivity index (χ0) is 18.9. The fourth-order valence-corrected chi connectivity index (χ4v) is 5.42. The standard InChI is InChI=1S/C16H29N3O5S/c1-11(2)14(16(21)24-5)18(4)15(20)12-6-8-19(9-7-12)25(22,23)13-10-17(13)3/h11-14H,6-10H2,1-5H3/t13-,14-,17?/m0/s1. The highest BCUT2D eigenvalue weighted by Gasteiger charge is 2.46. The Morgan fingerprint density at radius 2 is 1.72 bits per heavy atom. The molecule has 2 aliphatic heterocycles. The van der Waals surface area contributed by atoms with E-state index < -0.39 is 27.4 Å². The van der Waals surface area contributed by atoms with Crippen LogP contribution in [0.1, 0.15) is 26.7 Å². The van der Waals surface area contributed by atoms with Crippen LogP contribution < -0.4 is 0 Å². The van der Waals surface area contributed by atoms with Crippen LogP contribution in [0.3, 0.4) is 0 Å². The summed E-state index contributed by atoms with van der Waals surface area (Å²) >= 11 is 0. The molecule has 0 saturated carbocycles. The van der Waals surface area contributed by atoms with E-state index in [2.05, 4.69) is 0 Å². The van der Waals surface area contributed by atoms with E-state index in [-0.39, 0.29) is 17.7 Å². The van der Waals surface area contributed by atoms with Crippen LogP contribution in [-0.4, -0.2) is 86.7 Å². The summed E-state index contributed by atoms with van der Waals surface area (Å²) in [5.74, 6) is -0.876. The van der Waals surface area contributed by atoms with Crippen molar-refractivity contribution in [2.75, 3.05) is 40.8 Å². The number of carbonyl (C=O) groups excluding carboxylic acids is 2. The molecular formula is C16H29N3O5S. The highest BCUT2D eigenvalue weighted by Crippen LogP contribution is 2.29. The maximum atomic E-state index is 12.8. The molecule has 0 aromatic carbocycles. The zero-order valence-electron chi connectivity index (χ0n) is 15.6. The lowest BCUT2D eigenvalue weighted by molar-refractivity contribution is -0.155. The second kappa shape index (κ2) is 7.59. The van der Waals surface area contributed by atoms with E-state index in [0.717, 1.165) is 0 Å². The molecule has 2 saturated heterocycles. The predicted molar refractivity (Wildman–Crippen MR) is 93.0 cm³/mol. The number of ether oxygens (including phenoxy) is 1. The molecule has 2 aliphatic rings. The van der Waals surface area contributed by atoms with Crippen molar-refractivity contribution in [3.63, 3.8) is 0 Å². The van der Waals surface area contributed by atoms with Crippen molar-refractivity contribution in [2.45, 2.75) is 38.1 Å². The highest BCUT2D eigenvalue weighted by molar-refractivity contribution is 7.90. The summed E-state index contributed by atoms with van der Waals surface area (Å²) in [5, 5.41) is -0.410. The van der Waals surface area contributed by atoms with E-state index in [1.807, 2.05) is 13.8 Å². The van der Waals surface area contributed by atoms with Gasteiger partial charge in [0.2, 0.25) is 15.9 Å². The Bertz CT molecular complexity index is 613. The van der Waals surface area contributed by atoms with Crippen molar-refractivity contribution in [1.82, 2.24) is 14.1 Å². The van der Waals surface area contributed by atoms with Crippen molar-refractivity contribution >= 4 is 21.9 Å². The SMILES string of the molecule is COC(=O)[C@H](C(C)C)N(C)C(=O)C1CCN(S(=O)(=O)[C@H]2CN2C)CC1. The summed E-state index contributed by atoms with van der Waals surface area (Å²) in [6.45, 7) is 5.00. The fourth-order valence-electron chi connectivity index (χ4n) is 3.47. The summed E-state index contributed by atoms with van der Waals surface area (Å²) in [7, 11) is 1.42. The number of esters is 1. The van der Waals surface area contributed by atoms with Crippen molar-refractivity contribution in [2.24, 2.45) is 11.8 Å². The lowest BCUT2D eigenvalue weighted by Crippen LogP contribution is -2.50. The number of rotatable bonds is 6. The highest BCUT2D eigenvalue weighted by atomic mass is 32.2. The molecule has 25 heavy (non-hydrogen) atoms. The van der Waals surface area contributed by atoms with Crippen LogP contribution in [0.4, 0.5) is 0 Å². The Labute approximate surface area is 150 Å². The summed E-state index contributed by atoms with van der Waals surface area (Å²) in [6, 6.07) is -0.626.